The molecule has 18 heavy (non-hydrogen) atoms. The molecule has 0 spiro atoms. The molecule has 4 heteroatoms. The highest BCUT2D eigenvalue weighted by molar-refractivity contribution is 5.66. The summed E-state index contributed by atoms with van der Waals surface area (Å²) in [6, 6.07) is 7.51. The number of aliphatic carboxylic acids is 1. The molecule has 4 nitrogen and oxygen atoms in total. The van der Waals surface area contributed by atoms with E-state index in [2.05, 4.69) is 11.8 Å². The number of phenols is 1. The van der Waals surface area contributed by atoms with Crippen LogP contribution in [-0.4, -0.2) is 40.7 Å². The Bertz CT molecular complexity index is 392. The van der Waals surface area contributed by atoms with Crippen molar-refractivity contribution in [3.05, 3.63) is 29.8 Å². The Labute approximate surface area is 108 Å². The smallest absolute Gasteiger partial charge is 0.304 e. The lowest BCUT2D eigenvalue weighted by Gasteiger charge is -2.26. The highest BCUT2D eigenvalue weighted by Gasteiger charge is 2.14. The molecular weight excluding hydrogens is 230 g/mol. The van der Waals surface area contributed by atoms with Crippen molar-refractivity contribution in [2.24, 2.45) is 0 Å². The van der Waals surface area contributed by atoms with E-state index >= 15 is 0 Å². The molecule has 0 heterocycles. The molecule has 1 aromatic rings. The third-order valence-electron chi connectivity index (χ3n) is 3.15. The summed E-state index contributed by atoms with van der Waals surface area (Å²) in [5.74, 6) is -0.496. The van der Waals surface area contributed by atoms with Gasteiger partial charge in [0.25, 0.3) is 0 Å². The van der Waals surface area contributed by atoms with Crippen LogP contribution < -0.4 is 0 Å². The second-order valence-electron chi connectivity index (χ2n) is 4.56. The first-order chi connectivity index (χ1) is 8.52. The van der Waals surface area contributed by atoms with Crippen LogP contribution in [0.15, 0.2) is 24.3 Å². The van der Waals surface area contributed by atoms with Gasteiger partial charge in [0.1, 0.15) is 5.75 Å². The van der Waals surface area contributed by atoms with Crippen molar-refractivity contribution < 1.29 is 15.0 Å². The maximum atomic E-state index is 10.6. The van der Waals surface area contributed by atoms with Gasteiger partial charge in [0.2, 0.25) is 0 Å². The highest BCUT2D eigenvalue weighted by Crippen LogP contribution is 2.16. The monoisotopic (exact) mass is 251 g/mol. The molecule has 1 aromatic carbocycles. The normalized spacial score (nSPS) is 12.6. The quantitative estimate of drug-likeness (QED) is 0.779. The average molecular weight is 251 g/mol. The zero-order valence-electron chi connectivity index (χ0n) is 11.0. The molecule has 0 radical (unpaired) electrons. The van der Waals surface area contributed by atoms with Gasteiger partial charge in [-0.25, -0.2) is 0 Å². The number of hydrogen-bond acceptors (Lipinski definition) is 3. The summed E-state index contributed by atoms with van der Waals surface area (Å²) in [6.45, 7) is 2.64. The van der Waals surface area contributed by atoms with Crippen molar-refractivity contribution in [3.8, 4) is 5.75 Å². The molecular formula is C14H21NO3. The fraction of sp³-hybridized carbons (Fsp3) is 0.500. The van der Waals surface area contributed by atoms with Gasteiger partial charge in [-0.3, -0.25) is 4.79 Å². The van der Waals surface area contributed by atoms with Crippen LogP contribution in [0, 0.1) is 0 Å². The standard InChI is InChI=1S/C14H21NO3/c1-3-12(15(2)8-7-14(17)18)9-11-5-4-6-13(16)10-11/h4-6,10,12,16H,3,7-9H2,1-2H3,(H,17,18). The van der Waals surface area contributed by atoms with Gasteiger partial charge in [0.05, 0.1) is 6.42 Å². The summed E-state index contributed by atoms with van der Waals surface area (Å²) >= 11 is 0. The number of likely N-dealkylation sites (N-methyl/N-ethyl adjacent to an activating group) is 1. The molecule has 0 bridgehead atoms. The molecule has 2 N–H and O–H groups in total. The van der Waals surface area contributed by atoms with E-state index in [1.807, 2.05) is 19.2 Å². The number of carbonyl (C=O) groups is 1. The van der Waals surface area contributed by atoms with E-state index < -0.39 is 5.97 Å². The fourth-order valence-electron chi connectivity index (χ4n) is 2.02. The van der Waals surface area contributed by atoms with Gasteiger partial charge in [0, 0.05) is 12.6 Å². The third-order valence-corrected chi connectivity index (χ3v) is 3.15. The number of carboxylic acid groups (broad SMARTS) is 1. The van der Waals surface area contributed by atoms with E-state index in [1.165, 1.54) is 0 Å². The lowest BCUT2D eigenvalue weighted by atomic mass is 10.0. The topological polar surface area (TPSA) is 60.8 Å². The van der Waals surface area contributed by atoms with Crippen molar-refractivity contribution in [3.63, 3.8) is 0 Å². The van der Waals surface area contributed by atoms with Crippen LogP contribution in [0.5, 0.6) is 5.75 Å². The maximum absolute atomic E-state index is 10.6. The number of hydrogen-bond donors (Lipinski definition) is 2. The van der Waals surface area contributed by atoms with Crippen molar-refractivity contribution in [2.45, 2.75) is 32.2 Å². The molecule has 0 amide bonds. The number of phenolic OH excluding ortho intramolecular Hbond substituents is 1. The van der Waals surface area contributed by atoms with E-state index in [0.717, 1.165) is 18.4 Å². The Morgan fingerprint density at radius 3 is 2.72 bits per heavy atom. The maximum Gasteiger partial charge on any atom is 0.304 e. The molecule has 0 aliphatic heterocycles. The first-order valence-corrected chi connectivity index (χ1v) is 6.23. The van der Waals surface area contributed by atoms with Crippen LogP contribution in [0.3, 0.4) is 0 Å². The van der Waals surface area contributed by atoms with Gasteiger partial charge in [0.15, 0.2) is 0 Å². The number of aromatic hydroxyl groups is 1. The van der Waals surface area contributed by atoms with Gasteiger partial charge < -0.3 is 15.1 Å². The summed E-state index contributed by atoms with van der Waals surface area (Å²) in [7, 11) is 1.94. The lowest BCUT2D eigenvalue weighted by molar-refractivity contribution is -0.137. The Balaban J connectivity index is 2.58. The highest BCUT2D eigenvalue weighted by atomic mass is 16.4. The van der Waals surface area contributed by atoms with Gasteiger partial charge in [-0.2, -0.15) is 0 Å². The molecule has 0 aliphatic carbocycles. The molecule has 0 aliphatic rings. The molecule has 0 saturated carbocycles. The van der Waals surface area contributed by atoms with Crippen LogP contribution in [0.4, 0.5) is 0 Å². The van der Waals surface area contributed by atoms with E-state index in [-0.39, 0.29) is 12.2 Å². The minimum atomic E-state index is -0.769. The summed E-state index contributed by atoms with van der Waals surface area (Å²) in [5.41, 5.74) is 1.07. The molecule has 0 aromatic heterocycles. The number of benzene rings is 1. The Kier molecular flexibility index (Phi) is 5.65. The van der Waals surface area contributed by atoms with E-state index in [1.54, 1.807) is 12.1 Å². The molecule has 1 atom stereocenters. The zero-order chi connectivity index (χ0) is 13.5. The average Bonchev–Trinajstić information content (AvgIpc) is 2.33. The van der Waals surface area contributed by atoms with Crippen LogP contribution in [0.2, 0.25) is 0 Å². The zero-order valence-corrected chi connectivity index (χ0v) is 11.0. The number of nitrogens with zero attached hydrogens (tertiary/aromatic N) is 1. The minimum absolute atomic E-state index is 0.160. The van der Waals surface area contributed by atoms with Crippen molar-refractivity contribution in [1.82, 2.24) is 4.90 Å². The van der Waals surface area contributed by atoms with Gasteiger partial charge >= 0.3 is 5.97 Å². The van der Waals surface area contributed by atoms with E-state index in [9.17, 15) is 9.90 Å². The minimum Gasteiger partial charge on any atom is -0.508 e. The van der Waals surface area contributed by atoms with Gasteiger partial charge in [-0.1, -0.05) is 19.1 Å². The molecule has 0 saturated heterocycles. The predicted octanol–water partition coefficient (Wildman–Crippen LogP) is 2.12. The fourth-order valence-corrected chi connectivity index (χ4v) is 2.02. The lowest BCUT2D eigenvalue weighted by Crippen LogP contribution is -2.34. The van der Waals surface area contributed by atoms with Gasteiger partial charge in [-0.05, 0) is 37.6 Å². The van der Waals surface area contributed by atoms with Crippen LogP contribution in [0.25, 0.3) is 0 Å². The summed E-state index contributed by atoms with van der Waals surface area (Å²) in [6.07, 6.45) is 1.93. The second kappa shape index (κ2) is 7.01. The number of rotatable bonds is 7. The summed E-state index contributed by atoms with van der Waals surface area (Å²) < 4.78 is 0. The Morgan fingerprint density at radius 2 is 2.17 bits per heavy atom. The van der Waals surface area contributed by atoms with Crippen molar-refractivity contribution in [2.75, 3.05) is 13.6 Å². The van der Waals surface area contributed by atoms with Crippen LogP contribution in [-0.2, 0) is 11.2 Å². The van der Waals surface area contributed by atoms with Crippen molar-refractivity contribution >= 4 is 5.97 Å². The van der Waals surface area contributed by atoms with Crippen molar-refractivity contribution in [1.29, 1.82) is 0 Å². The Morgan fingerprint density at radius 1 is 1.44 bits per heavy atom. The van der Waals surface area contributed by atoms with Crippen LogP contribution in [0.1, 0.15) is 25.3 Å². The van der Waals surface area contributed by atoms with E-state index in [0.29, 0.717) is 12.6 Å². The van der Waals surface area contributed by atoms with Gasteiger partial charge in [-0.15, -0.1) is 0 Å². The first-order valence-electron chi connectivity index (χ1n) is 6.23. The Hall–Kier alpha value is -1.55. The van der Waals surface area contributed by atoms with E-state index in [4.69, 9.17) is 5.11 Å². The van der Waals surface area contributed by atoms with Crippen LogP contribution >= 0.6 is 0 Å². The first kappa shape index (κ1) is 14.5. The summed E-state index contributed by atoms with van der Waals surface area (Å²) in [5, 5.41) is 18.1. The predicted molar refractivity (Wildman–Crippen MR) is 70.8 cm³/mol. The largest absolute Gasteiger partial charge is 0.508 e. The number of carboxylic acids is 1. The SMILES string of the molecule is CCC(Cc1cccc(O)c1)N(C)CCC(=O)O. The summed E-state index contributed by atoms with van der Waals surface area (Å²) in [4.78, 5) is 12.6. The second-order valence-corrected chi connectivity index (χ2v) is 4.56. The molecule has 1 rings (SSSR count). The molecule has 1 unspecified atom stereocenters. The third kappa shape index (κ3) is 4.75. The molecule has 0 fully saturated rings. The molecule has 100 valence electrons.